The predicted molar refractivity (Wildman–Crippen MR) is 103 cm³/mol. The summed E-state index contributed by atoms with van der Waals surface area (Å²) in [6, 6.07) is 13.0. The van der Waals surface area contributed by atoms with Crippen LogP contribution in [0.4, 0.5) is 0 Å². The highest BCUT2D eigenvalue weighted by Crippen LogP contribution is 2.19. The summed E-state index contributed by atoms with van der Waals surface area (Å²) in [5.74, 6) is -0.226. The maximum absolute atomic E-state index is 13.0. The zero-order valence-electron chi connectivity index (χ0n) is 15.2. The minimum absolute atomic E-state index is 0.141. The largest absolute Gasteiger partial charge is 0.383 e. The van der Waals surface area contributed by atoms with E-state index in [1.54, 1.807) is 36.1 Å². The van der Waals surface area contributed by atoms with Crippen molar-refractivity contribution in [2.45, 2.75) is 13.8 Å². The quantitative estimate of drug-likeness (QED) is 0.720. The molecule has 0 radical (unpaired) electrons. The molecule has 0 fully saturated rings. The van der Waals surface area contributed by atoms with Gasteiger partial charge in [0.1, 0.15) is 0 Å². The predicted octanol–water partition coefficient (Wildman–Crippen LogP) is 2.98. The van der Waals surface area contributed by atoms with E-state index in [0.717, 1.165) is 16.8 Å². The first-order valence-corrected chi connectivity index (χ1v) is 8.52. The van der Waals surface area contributed by atoms with E-state index >= 15 is 0 Å². The molecule has 0 saturated heterocycles. The number of ether oxygens (including phenoxy) is 1. The minimum Gasteiger partial charge on any atom is -0.383 e. The molecule has 26 heavy (non-hydrogen) atoms. The molecule has 0 atom stereocenters. The van der Waals surface area contributed by atoms with Gasteiger partial charge in [-0.3, -0.25) is 14.2 Å². The average Bonchev–Trinajstić information content (AvgIpc) is 2.65. The molecule has 0 spiro atoms. The highest BCUT2D eigenvalue weighted by atomic mass is 16.5. The lowest BCUT2D eigenvalue weighted by atomic mass is 10.1. The smallest absolute Gasteiger partial charge is 0.262 e. The van der Waals surface area contributed by atoms with E-state index in [1.165, 1.54) is 0 Å². The van der Waals surface area contributed by atoms with E-state index in [0.29, 0.717) is 29.5 Å². The molecule has 134 valence electrons. The van der Waals surface area contributed by atoms with Crippen LogP contribution in [0, 0.1) is 13.8 Å². The van der Waals surface area contributed by atoms with Gasteiger partial charge in [0, 0.05) is 36.3 Å². The van der Waals surface area contributed by atoms with Gasteiger partial charge in [-0.1, -0.05) is 24.3 Å². The number of aryl methyl sites for hydroxylation is 2. The monoisotopic (exact) mass is 350 g/mol. The second kappa shape index (κ2) is 7.54. The number of benzene rings is 2. The number of nitrogens with one attached hydrogen (secondary N) is 1. The summed E-state index contributed by atoms with van der Waals surface area (Å²) < 4.78 is 6.52. The number of amides is 1. The van der Waals surface area contributed by atoms with Crippen LogP contribution in [0.25, 0.3) is 16.5 Å². The molecular formula is C21H22N2O3. The highest BCUT2D eigenvalue weighted by molar-refractivity contribution is 6.06. The Kier molecular flexibility index (Phi) is 5.19. The fourth-order valence-corrected chi connectivity index (χ4v) is 2.90. The molecule has 1 N–H and O–H groups in total. The van der Waals surface area contributed by atoms with Gasteiger partial charge in [-0.25, -0.2) is 0 Å². The lowest BCUT2D eigenvalue weighted by Gasteiger charge is -2.13. The fourth-order valence-electron chi connectivity index (χ4n) is 2.90. The zero-order valence-corrected chi connectivity index (χ0v) is 15.2. The van der Waals surface area contributed by atoms with Crippen LogP contribution in [0.15, 0.2) is 53.5 Å². The lowest BCUT2D eigenvalue weighted by Crippen LogP contribution is -2.29. The van der Waals surface area contributed by atoms with E-state index in [2.05, 4.69) is 5.32 Å². The van der Waals surface area contributed by atoms with Gasteiger partial charge in [0.2, 0.25) is 0 Å². The number of fused-ring (bicyclic) bond motifs is 1. The Labute approximate surface area is 152 Å². The van der Waals surface area contributed by atoms with Gasteiger partial charge in [0.25, 0.3) is 11.5 Å². The first-order chi connectivity index (χ1) is 12.5. The zero-order chi connectivity index (χ0) is 18.7. The molecule has 5 heteroatoms. The average molecular weight is 350 g/mol. The van der Waals surface area contributed by atoms with E-state index in [4.69, 9.17) is 4.74 Å². The van der Waals surface area contributed by atoms with E-state index in [-0.39, 0.29) is 11.5 Å². The Balaban J connectivity index is 2.18. The Morgan fingerprint density at radius 3 is 2.50 bits per heavy atom. The standard InChI is InChI=1S/C21H22N2O3/c1-14-8-9-16(12-15(14)2)23-13-19(20(24)22-10-11-26-3)17-6-4-5-7-18(17)21(23)25/h4-9,12-13H,10-11H2,1-3H3,(H,22,24). The third-order valence-corrected chi connectivity index (χ3v) is 4.53. The van der Waals surface area contributed by atoms with Gasteiger partial charge in [0.05, 0.1) is 12.2 Å². The molecule has 0 aliphatic carbocycles. The van der Waals surface area contributed by atoms with Crippen LogP contribution in [0.3, 0.4) is 0 Å². The highest BCUT2D eigenvalue weighted by Gasteiger charge is 2.15. The molecule has 1 heterocycles. The summed E-state index contributed by atoms with van der Waals surface area (Å²) in [5, 5.41) is 4.00. The van der Waals surface area contributed by atoms with Crippen LogP contribution >= 0.6 is 0 Å². The molecular weight excluding hydrogens is 328 g/mol. The number of hydrogen-bond acceptors (Lipinski definition) is 3. The summed E-state index contributed by atoms with van der Waals surface area (Å²) in [7, 11) is 1.58. The van der Waals surface area contributed by atoms with E-state index in [1.807, 2.05) is 38.1 Å². The number of hydrogen-bond donors (Lipinski definition) is 1. The second-order valence-electron chi connectivity index (χ2n) is 6.28. The van der Waals surface area contributed by atoms with Crippen LogP contribution in [-0.4, -0.2) is 30.7 Å². The van der Waals surface area contributed by atoms with Gasteiger partial charge in [-0.15, -0.1) is 0 Å². The van der Waals surface area contributed by atoms with Gasteiger partial charge < -0.3 is 10.1 Å². The summed E-state index contributed by atoms with van der Waals surface area (Å²) in [5.41, 5.74) is 3.32. The number of nitrogens with zero attached hydrogens (tertiary/aromatic N) is 1. The summed E-state index contributed by atoms with van der Waals surface area (Å²) in [6.45, 7) is 4.87. The van der Waals surface area contributed by atoms with Crippen LogP contribution in [0.5, 0.6) is 0 Å². The summed E-state index contributed by atoms with van der Waals surface area (Å²) in [6.07, 6.45) is 1.62. The van der Waals surface area contributed by atoms with Crippen LogP contribution < -0.4 is 10.9 Å². The second-order valence-corrected chi connectivity index (χ2v) is 6.28. The number of carbonyl (C=O) groups excluding carboxylic acids is 1. The van der Waals surface area contributed by atoms with Crippen LogP contribution in [-0.2, 0) is 4.74 Å². The van der Waals surface area contributed by atoms with E-state index < -0.39 is 0 Å². The van der Waals surface area contributed by atoms with Crippen molar-refractivity contribution >= 4 is 16.7 Å². The van der Waals surface area contributed by atoms with E-state index in [9.17, 15) is 9.59 Å². The van der Waals surface area contributed by atoms with Crippen molar-refractivity contribution in [1.82, 2.24) is 9.88 Å². The fraction of sp³-hybridized carbons (Fsp3) is 0.238. The Hall–Kier alpha value is -2.92. The lowest BCUT2D eigenvalue weighted by molar-refractivity contribution is 0.0938. The van der Waals surface area contributed by atoms with Crippen molar-refractivity contribution in [3.8, 4) is 5.69 Å². The molecule has 0 aliphatic heterocycles. The van der Waals surface area contributed by atoms with Gasteiger partial charge in [-0.2, -0.15) is 0 Å². The van der Waals surface area contributed by atoms with Crippen LogP contribution in [0.1, 0.15) is 21.5 Å². The normalized spacial score (nSPS) is 10.9. The molecule has 0 aliphatic rings. The Bertz CT molecular complexity index is 1020. The Morgan fingerprint density at radius 2 is 1.81 bits per heavy atom. The van der Waals surface area contributed by atoms with Crippen molar-refractivity contribution in [3.63, 3.8) is 0 Å². The third-order valence-electron chi connectivity index (χ3n) is 4.53. The van der Waals surface area contributed by atoms with Gasteiger partial charge >= 0.3 is 0 Å². The van der Waals surface area contributed by atoms with Gasteiger partial charge in [-0.05, 0) is 43.2 Å². The SMILES string of the molecule is COCCNC(=O)c1cn(-c2ccc(C)c(C)c2)c(=O)c2ccccc12. The first-order valence-electron chi connectivity index (χ1n) is 8.52. The number of pyridine rings is 1. The third kappa shape index (κ3) is 3.39. The molecule has 2 aromatic carbocycles. The molecule has 0 saturated carbocycles. The first kappa shape index (κ1) is 17.9. The maximum atomic E-state index is 13.0. The number of rotatable bonds is 5. The molecule has 1 amide bonds. The minimum atomic E-state index is -0.226. The van der Waals surface area contributed by atoms with Crippen molar-refractivity contribution in [1.29, 1.82) is 0 Å². The number of methoxy groups -OCH3 is 1. The molecule has 0 unspecified atom stereocenters. The van der Waals surface area contributed by atoms with Crippen molar-refractivity contribution in [2.75, 3.05) is 20.3 Å². The van der Waals surface area contributed by atoms with Gasteiger partial charge in [0.15, 0.2) is 0 Å². The molecule has 3 rings (SSSR count). The molecule has 0 bridgehead atoms. The Morgan fingerprint density at radius 1 is 1.08 bits per heavy atom. The summed E-state index contributed by atoms with van der Waals surface area (Å²) >= 11 is 0. The van der Waals surface area contributed by atoms with Crippen molar-refractivity contribution < 1.29 is 9.53 Å². The topological polar surface area (TPSA) is 60.3 Å². The molecule has 1 aromatic heterocycles. The molecule has 5 nitrogen and oxygen atoms in total. The number of aromatic nitrogens is 1. The van der Waals surface area contributed by atoms with Crippen molar-refractivity contribution in [3.05, 3.63) is 75.7 Å². The molecule has 3 aromatic rings. The summed E-state index contributed by atoms with van der Waals surface area (Å²) in [4.78, 5) is 25.6. The maximum Gasteiger partial charge on any atom is 0.262 e. The number of carbonyl (C=O) groups is 1. The van der Waals surface area contributed by atoms with Crippen molar-refractivity contribution in [2.24, 2.45) is 0 Å². The van der Waals surface area contributed by atoms with Crippen LogP contribution in [0.2, 0.25) is 0 Å².